The number of amidine groups is 1. The Labute approximate surface area is 229 Å². The van der Waals surface area contributed by atoms with Crippen molar-refractivity contribution < 1.29 is 19.2 Å². The molecular formula is C31H36N5O3+. The molecule has 8 nitrogen and oxygen atoms in total. The van der Waals surface area contributed by atoms with Crippen LogP contribution in [0.2, 0.25) is 0 Å². The van der Waals surface area contributed by atoms with Crippen molar-refractivity contribution in [2.24, 2.45) is 27.7 Å². The third-order valence-electron chi connectivity index (χ3n) is 8.33. The van der Waals surface area contributed by atoms with E-state index in [1.54, 1.807) is 6.20 Å². The summed E-state index contributed by atoms with van der Waals surface area (Å²) >= 11 is 0. The highest BCUT2D eigenvalue weighted by molar-refractivity contribution is 6.00. The van der Waals surface area contributed by atoms with Gasteiger partial charge in [0.25, 0.3) is 5.84 Å². The first-order chi connectivity index (χ1) is 19.0. The number of nitrogens with two attached hydrogens (primary N) is 1. The number of hydrogen-bond acceptors (Lipinski definition) is 6. The molecule has 6 rings (SSSR count). The van der Waals surface area contributed by atoms with E-state index in [1.807, 2.05) is 71.9 Å². The summed E-state index contributed by atoms with van der Waals surface area (Å²) in [6.07, 6.45) is 10.1. The van der Waals surface area contributed by atoms with Crippen LogP contribution in [0.3, 0.4) is 0 Å². The first-order valence-corrected chi connectivity index (χ1v) is 14.0. The van der Waals surface area contributed by atoms with Gasteiger partial charge in [0.1, 0.15) is 24.3 Å². The zero-order chi connectivity index (χ0) is 26.8. The lowest BCUT2D eigenvalue weighted by Gasteiger charge is -2.35. The fraction of sp³-hybridized carbons (Fsp3) is 0.387. The van der Waals surface area contributed by atoms with E-state index in [0.717, 1.165) is 79.2 Å². The van der Waals surface area contributed by atoms with Gasteiger partial charge in [-0.25, -0.2) is 0 Å². The molecule has 3 aliphatic heterocycles. The highest BCUT2D eigenvalue weighted by Gasteiger charge is 2.46. The van der Waals surface area contributed by atoms with Gasteiger partial charge in [-0.2, -0.15) is 10.8 Å². The lowest BCUT2D eigenvalue weighted by Crippen LogP contribution is -2.53. The number of nitrogens with zero attached hydrogens (tertiary/aromatic N) is 4. The minimum atomic E-state index is -0.395. The highest BCUT2D eigenvalue weighted by Crippen LogP contribution is 2.41. The molecule has 0 radical (unpaired) electrons. The standard InChI is InChI=1S/C31H36N5O3/c32-36-17-15-33-19-28(36)29(23-11-13-24(14-12-23)31(38)35-16-5-9-26(37)20-35)34-30(36)25-8-4-10-27(18-25)39-21-22-6-2-1-3-7-22/h1-4,6-8,10,15,17-19,23-24,26,37H,5,9,11-14,16,20-21,32H2/q+1. The fourth-order valence-electron chi connectivity index (χ4n) is 6.20. The highest BCUT2D eigenvalue weighted by atomic mass is 16.5. The molecule has 2 unspecified atom stereocenters. The summed E-state index contributed by atoms with van der Waals surface area (Å²) in [7, 11) is 0. The quantitative estimate of drug-likeness (QED) is 0.434. The van der Waals surface area contributed by atoms with E-state index in [9.17, 15) is 9.90 Å². The molecule has 2 fully saturated rings. The third kappa shape index (κ3) is 5.20. The molecule has 4 aliphatic rings. The van der Waals surface area contributed by atoms with Crippen molar-refractivity contribution in [3.05, 3.63) is 89.5 Å². The molecule has 3 heterocycles. The molecule has 202 valence electrons. The van der Waals surface area contributed by atoms with Crippen LogP contribution in [0.4, 0.5) is 0 Å². The number of aliphatic hydroxyl groups is 1. The van der Waals surface area contributed by atoms with Crippen LogP contribution in [0.15, 0.2) is 88.4 Å². The SMILES string of the molecule is N[N+]12C=CN=CC1=C(C1CCC(C(=O)N3CCCC(O)C3)CC1)N=C2c1cccc(OCc2ccccc2)c1. The molecule has 2 atom stereocenters. The first kappa shape index (κ1) is 25.7. The fourth-order valence-corrected chi connectivity index (χ4v) is 6.20. The normalized spacial score (nSPS) is 28.3. The number of amides is 1. The van der Waals surface area contributed by atoms with E-state index in [1.165, 1.54) is 0 Å². The Morgan fingerprint density at radius 3 is 2.69 bits per heavy atom. The summed E-state index contributed by atoms with van der Waals surface area (Å²) in [6, 6.07) is 18.0. The van der Waals surface area contributed by atoms with Crippen molar-refractivity contribution in [1.82, 2.24) is 4.90 Å². The van der Waals surface area contributed by atoms with Gasteiger partial charge in [0, 0.05) is 24.9 Å². The summed E-state index contributed by atoms with van der Waals surface area (Å²) in [4.78, 5) is 24.5. The van der Waals surface area contributed by atoms with Crippen LogP contribution in [0.1, 0.15) is 49.7 Å². The van der Waals surface area contributed by atoms with Crippen LogP contribution in [-0.4, -0.2) is 51.7 Å². The number of ether oxygens (including phenoxy) is 1. The Balaban J connectivity index is 1.19. The maximum absolute atomic E-state index is 13.1. The number of aliphatic hydroxyl groups excluding tert-OH is 1. The molecule has 0 aromatic heterocycles. The van der Waals surface area contributed by atoms with Crippen LogP contribution in [0.25, 0.3) is 0 Å². The third-order valence-corrected chi connectivity index (χ3v) is 8.33. The molecule has 0 spiro atoms. The number of likely N-dealkylation sites (tertiary alicyclic amines) is 1. The molecule has 3 N–H and O–H groups in total. The van der Waals surface area contributed by atoms with E-state index in [0.29, 0.717) is 13.2 Å². The van der Waals surface area contributed by atoms with Gasteiger partial charge in [-0.1, -0.05) is 36.4 Å². The number of carbonyl (C=O) groups excluding carboxylic acids is 1. The van der Waals surface area contributed by atoms with Crippen LogP contribution < -0.4 is 10.6 Å². The van der Waals surface area contributed by atoms with E-state index < -0.39 is 6.10 Å². The van der Waals surface area contributed by atoms with Crippen LogP contribution in [-0.2, 0) is 11.4 Å². The van der Waals surface area contributed by atoms with Gasteiger partial charge in [0.15, 0.2) is 0 Å². The van der Waals surface area contributed by atoms with Gasteiger partial charge in [0.2, 0.25) is 11.6 Å². The number of benzene rings is 2. The molecule has 1 saturated heterocycles. The first-order valence-electron chi connectivity index (χ1n) is 14.0. The number of rotatable bonds is 6. The van der Waals surface area contributed by atoms with Crippen molar-refractivity contribution in [3.63, 3.8) is 0 Å². The summed E-state index contributed by atoms with van der Waals surface area (Å²) in [5.74, 6) is 8.91. The average Bonchev–Trinajstić information content (AvgIpc) is 3.29. The van der Waals surface area contributed by atoms with E-state index in [-0.39, 0.29) is 22.3 Å². The van der Waals surface area contributed by atoms with E-state index in [4.69, 9.17) is 15.6 Å². The molecule has 39 heavy (non-hydrogen) atoms. The number of β-amino-alcohol motifs (C(OH)–C–C–N with tert-alkyl or cyclic N) is 1. The Bertz CT molecular complexity index is 1340. The van der Waals surface area contributed by atoms with Crippen molar-refractivity contribution in [3.8, 4) is 5.75 Å². The van der Waals surface area contributed by atoms with Gasteiger partial charge in [-0.15, -0.1) is 4.59 Å². The lowest BCUT2D eigenvalue weighted by molar-refractivity contribution is -0.750. The molecular weight excluding hydrogens is 490 g/mol. The molecule has 2 aromatic rings. The largest absolute Gasteiger partial charge is 0.489 e. The number of aliphatic imine (C=N–C) groups is 2. The smallest absolute Gasteiger partial charge is 0.265 e. The van der Waals surface area contributed by atoms with Crippen molar-refractivity contribution in [2.75, 3.05) is 13.1 Å². The monoisotopic (exact) mass is 526 g/mol. The second-order valence-corrected chi connectivity index (χ2v) is 11.0. The van der Waals surface area contributed by atoms with Gasteiger partial charge < -0.3 is 14.7 Å². The second kappa shape index (κ2) is 10.9. The number of allylic oxidation sites excluding steroid dienone is 2. The topological polar surface area (TPSA) is 101 Å². The van der Waals surface area contributed by atoms with Crippen molar-refractivity contribution in [1.29, 1.82) is 0 Å². The van der Waals surface area contributed by atoms with Crippen molar-refractivity contribution in [2.45, 2.75) is 51.2 Å². The number of piperidine rings is 1. The maximum Gasteiger partial charge on any atom is 0.265 e. The Hall–Kier alpha value is -3.59. The Morgan fingerprint density at radius 1 is 1.08 bits per heavy atom. The molecule has 1 amide bonds. The molecule has 8 heteroatoms. The minimum Gasteiger partial charge on any atom is -0.489 e. The van der Waals surface area contributed by atoms with Crippen LogP contribution in [0.5, 0.6) is 5.75 Å². The summed E-state index contributed by atoms with van der Waals surface area (Å²) in [5, 5.41) is 10.0. The van der Waals surface area contributed by atoms with Gasteiger partial charge in [-0.05, 0) is 62.3 Å². The van der Waals surface area contributed by atoms with Gasteiger partial charge in [0.05, 0.1) is 24.1 Å². The average molecular weight is 527 g/mol. The Morgan fingerprint density at radius 2 is 1.90 bits per heavy atom. The second-order valence-electron chi connectivity index (χ2n) is 11.0. The lowest BCUT2D eigenvalue weighted by atomic mass is 9.79. The maximum atomic E-state index is 13.1. The zero-order valence-corrected chi connectivity index (χ0v) is 22.2. The zero-order valence-electron chi connectivity index (χ0n) is 22.2. The molecule has 1 saturated carbocycles. The predicted octanol–water partition coefficient (Wildman–Crippen LogP) is 4.27. The van der Waals surface area contributed by atoms with E-state index in [2.05, 4.69) is 4.99 Å². The Kier molecular flexibility index (Phi) is 7.16. The number of quaternary nitrogens is 1. The summed E-state index contributed by atoms with van der Waals surface area (Å²) in [6.45, 7) is 1.70. The van der Waals surface area contributed by atoms with Gasteiger partial charge >= 0.3 is 0 Å². The predicted molar refractivity (Wildman–Crippen MR) is 150 cm³/mol. The van der Waals surface area contributed by atoms with Crippen LogP contribution in [0, 0.1) is 11.8 Å². The molecule has 2 aromatic carbocycles. The van der Waals surface area contributed by atoms with Crippen molar-refractivity contribution >= 4 is 18.0 Å². The van der Waals surface area contributed by atoms with E-state index >= 15 is 0 Å². The summed E-state index contributed by atoms with van der Waals surface area (Å²) in [5.41, 5.74) is 3.87. The number of hydrogen-bond donors (Lipinski definition) is 2. The van der Waals surface area contributed by atoms with Gasteiger partial charge in [-0.3, -0.25) is 9.79 Å². The van der Waals surface area contributed by atoms with Crippen LogP contribution >= 0.6 is 0 Å². The molecule has 1 aliphatic carbocycles. The molecule has 0 bridgehead atoms. The minimum absolute atomic E-state index is 0.0116. The summed E-state index contributed by atoms with van der Waals surface area (Å²) < 4.78 is 6.06. The number of carbonyl (C=O) groups is 1. The number of fused-ring (bicyclic) bond motifs is 1.